The molecule has 1 fully saturated rings. The molecule has 0 heterocycles. The molecule has 3 rings (SSSR count). The molecule has 0 radical (unpaired) electrons. The zero-order chi connectivity index (χ0) is 19.9. The van der Waals surface area contributed by atoms with E-state index in [1.54, 1.807) is 12.1 Å². The summed E-state index contributed by atoms with van der Waals surface area (Å²) in [6.45, 7) is 4.13. The van der Waals surface area contributed by atoms with E-state index in [0.717, 1.165) is 18.5 Å². The second-order valence-electron chi connectivity index (χ2n) is 7.55. The molecule has 0 saturated heterocycles. The maximum absolute atomic E-state index is 12.5. The molecular weight excluding hydrogens is 352 g/mol. The van der Waals surface area contributed by atoms with Gasteiger partial charge in [0.25, 0.3) is 5.91 Å². The zero-order valence-electron chi connectivity index (χ0n) is 16.5. The van der Waals surface area contributed by atoms with Gasteiger partial charge in [-0.1, -0.05) is 57.0 Å². The van der Waals surface area contributed by atoms with Gasteiger partial charge >= 0.3 is 5.97 Å². The summed E-state index contributed by atoms with van der Waals surface area (Å²) in [6.07, 6.45) is 3.30. The molecular formula is C23H28N2O3. The number of ether oxygens (including phenoxy) is 1. The minimum atomic E-state index is -0.515. The number of hydrogen-bond donors (Lipinski definition) is 2. The predicted molar refractivity (Wildman–Crippen MR) is 111 cm³/mol. The standard InChI is InChI=1S/C23H28N2O3/c1-16-9-8-14-20(17(16)2)25-22(26)15-28-23(27)19-12-6-7-13-21(19)24-18-10-4-3-5-11-18/h3-7,10-13,16-17,20,24H,8-9,14-15H2,1-2H3,(H,25,26)/t16-,17+,20+/m0/s1. The SMILES string of the molecule is C[C@@H]1[C@@H](C)CCC[C@H]1NC(=O)COC(=O)c1ccccc1Nc1ccccc1. The van der Waals surface area contributed by atoms with Crippen molar-refractivity contribution in [2.24, 2.45) is 11.8 Å². The van der Waals surface area contributed by atoms with E-state index in [2.05, 4.69) is 24.5 Å². The Labute approximate surface area is 166 Å². The minimum Gasteiger partial charge on any atom is -0.452 e. The number of carbonyl (C=O) groups is 2. The Morgan fingerprint density at radius 3 is 2.50 bits per heavy atom. The van der Waals surface area contributed by atoms with Crippen LogP contribution in [0.4, 0.5) is 11.4 Å². The van der Waals surface area contributed by atoms with Gasteiger partial charge in [-0.05, 0) is 42.5 Å². The first-order chi connectivity index (χ1) is 13.5. The largest absolute Gasteiger partial charge is 0.452 e. The minimum absolute atomic E-state index is 0.155. The molecule has 0 spiro atoms. The van der Waals surface area contributed by atoms with Gasteiger partial charge in [0, 0.05) is 11.7 Å². The Bertz CT molecular complexity index is 807. The molecule has 2 N–H and O–H groups in total. The van der Waals surface area contributed by atoms with E-state index in [0.29, 0.717) is 23.1 Å². The Balaban J connectivity index is 1.57. The van der Waals surface area contributed by atoms with E-state index in [9.17, 15) is 9.59 Å². The van der Waals surface area contributed by atoms with Crippen LogP contribution in [-0.4, -0.2) is 24.5 Å². The van der Waals surface area contributed by atoms with Crippen LogP contribution in [0.5, 0.6) is 0 Å². The van der Waals surface area contributed by atoms with Crippen LogP contribution in [-0.2, 0) is 9.53 Å². The fraction of sp³-hybridized carbons (Fsp3) is 0.391. The number of hydrogen-bond acceptors (Lipinski definition) is 4. The number of nitrogens with one attached hydrogen (secondary N) is 2. The summed E-state index contributed by atoms with van der Waals surface area (Å²) in [5, 5.41) is 6.24. The van der Waals surface area contributed by atoms with Crippen molar-refractivity contribution in [1.82, 2.24) is 5.32 Å². The van der Waals surface area contributed by atoms with E-state index in [1.807, 2.05) is 42.5 Å². The summed E-state index contributed by atoms with van der Waals surface area (Å²) in [4.78, 5) is 24.8. The lowest BCUT2D eigenvalue weighted by atomic mass is 9.78. The molecule has 3 atom stereocenters. The summed E-state index contributed by atoms with van der Waals surface area (Å²) in [6, 6.07) is 16.9. The number of para-hydroxylation sites is 2. The smallest absolute Gasteiger partial charge is 0.340 e. The van der Waals surface area contributed by atoms with Crippen molar-refractivity contribution < 1.29 is 14.3 Å². The molecule has 0 bridgehead atoms. The van der Waals surface area contributed by atoms with Crippen molar-refractivity contribution in [3.63, 3.8) is 0 Å². The molecule has 28 heavy (non-hydrogen) atoms. The van der Waals surface area contributed by atoms with Gasteiger partial charge < -0.3 is 15.4 Å². The van der Waals surface area contributed by atoms with Crippen LogP contribution in [0.25, 0.3) is 0 Å². The van der Waals surface area contributed by atoms with Crippen molar-refractivity contribution in [2.75, 3.05) is 11.9 Å². The molecule has 0 aromatic heterocycles. The van der Waals surface area contributed by atoms with Gasteiger partial charge in [0.1, 0.15) is 0 Å². The molecule has 5 heteroatoms. The normalized spacial score (nSPS) is 21.6. The monoisotopic (exact) mass is 380 g/mol. The lowest BCUT2D eigenvalue weighted by molar-refractivity contribution is -0.125. The summed E-state index contributed by atoms with van der Waals surface area (Å²) < 4.78 is 5.28. The van der Waals surface area contributed by atoms with Crippen LogP contribution in [0.2, 0.25) is 0 Å². The summed E-state index contributed by atoms with van der Waals surface area (Å²) >= 11 is 0. The van der Waals surface area contributed by atoms with Gasteiger partial charge in [0.05, 0.1) is 11.3 Å². The lowest BCUT2D eigenvalue weighted by Crippen LogP contribution is -2.45. The number of benzene rings is 2. The Kier molecular flexibility index (Phi) is 6.69. The molecule has 1 amide bonds. The van der Waals surface area contributed by atoms with Crippen molar-refractivity contribution in [3.8, 4) is 0 Å². The maximum atomic E-state index is 12.5. The Morgan fingerprint density at radius 1 is 1.00 bits per heavy atom. The van der Waals surface area contributed by atoms with E-state index < -0.39 is 5.97 Å². The second-order valence-corrected chi connectivity index (χ2v) is 7.55. The van der Waals surface area contributed by atoms with E-state index in [-0.39, 0.29) is 18.6 Å². The molecule has 5 nitrogen and oxygen atoms in total. The highest BCUT2D eigenvalue weighted by molar-refractivity contribution is 5.97. The number of carbonyl (C=O) groups excluding carboxylic acids is 2. The highest BCUT2D eigenvalue weighted by Gasteiger charge is 2.28. The van der Waals surface area contributed by atoms with E-state index in [4.69, 9.17) is 4.74 Å². The third kappa shape index (κ3) is 5.12. The van der Waals surface area contributed by atoms with Gasteiger partial charge in [-0.3, -0.25) is 4.79 Å². The molecule has 1 saturated carbocycles. The van der Waals surface area contributed by atoms with Crippen LogP contribution in [0.1, 0.15) is 43.5 Å². The Morgan fingerprint density at radius 2 is 1.71 bits per heavy atom. The maximum Gasteiger partial charge on any atom is 0.340 e. The summed E-state index contributed by atoms with van der Waals surface area (Å²) in [5.74, 6) is 0.272. The van der Waals surface area contributed by atoms with Gasteiger partial charge in [-0.15, -0.1) is 0 Å². The molecule has 1 aliphatic rings. The predicted octanol–water partition coefficient (Wildman–Crippen LogP) is 4.53. The van der Waals surface area contributed by atoms with Crippen LogP contribution < -0.4 is 10.6 Å². The molecule has 1 aliphatic carbocycles. The highest BCUT2D eigenvalue weighted by atomic mass is 16.5. The molecule has 2 aromatic carbocycles. The average Bonchev–Trinajstić information content (AvgIpc) is 2.71. The molecule has 2 aromatic rings. The zero-order valence-corrected chi connectivity index (χ0v) is 16.5. The van der Waals surface area contributed by atoms with Crippen LogP contribution >= 0.6 is 0 Å². The first-order valence-electron chi connectivity index (χ1n) is 9.92. The summed E-state index contributed by atoms with van der Waals surface area (Å²) in [5.41, 5.74) is 1.92. The van der Waals surface area contributed by atoms with Gasteiger partial charge in [-0.2, -0.15) is 0 Å². The van der Waals surface area contributed by atoms with Crippen molar-refractivity contribution in [2.45, 2.75) is 39.2 Å². The number of anilines is 2. The first-order valence-corrected chi connectivity index (χ1v) is 9.92. The molecule has 0 aliphatic heterocycles. The van der Waals surface area contributed by atoms with Crippen LogP contribution in [0, 0.1) is 11.8 Å². The molecule has 148 valence electrons. The van der Waals surface area contributed by atoms with Gasteiger partial charge in [0.2, 0.25) is 0 Å². The number of esters is 1. The van der Waals surface area contributed by atoms with E-state index >= 15 is 0 Å². The van der Waals surface area contributed by atoms with Crippen molar-refractivity contribution in [1.29, 1.82) is 0 Å². The lowest BCUT2D eigenvalue weighted by Gasteiger charge is -2.34. The third-order valence-electron chi connectivity index (χ3n) is 5.59. The number of rotatable bonds is 6. The van der Waals surface area contributed by atoms with E-state index in [1.165, 1.54) is 6.42 Å². The van der Waals surface area contributed by atoms with Crippen LogP contribution in [0.3, 0.4) is 0 Å². The first kappa shape index (κ1) is 19.9. The van der Waals surface area contributed by atoms with Crippen LogP contribution in [0.15, 0.2) is 54.6 Å². The fourth-order valence-corrected chi connectivity index (χ4v) is 3.69. The van der Waals surface area contributed by atoms with Gasteiger partial charge in [-0.25, -0.2) is 4.79 Å². The average molecular weight is 380 g/mol. The quantitative estimate of drug-likeness (QED) is 0.723. The summed E-state index contributed by atoms with van der Waals surface area (Å²) in [7, 11) is 0. The molecule has 0 unspecified atom stereocenters. The fourth-order valence-electron chi connectivity index (χ4n) is 3.69. The third-order valence-corrected chi connectivity index (χ3v) is 5.59. The van der Waals surface area contributed by atoms with Crippen molar-refractivity contribution in [3.05, 3.63) is 60.2 Å². The topological polar surface area (TPSA) is 67.4 Å². The highest BCUT2D eigenvalue weighted by Crippen LogP contribution is 2.29. The number of amides is 1. The van der Waals surface area contributed by atoms with Crippen molar-refractivity contribution >= 4 is 23.3 Å². The van der Waals surface area contributed by atoms with Gasteiger partial charge in [0.15, 0.2) is 6.61 Å². The Hall–Kier alpha value is -2.82. The second kappa shape index (κ2) is 9.40.